The zero-order chi connectivity index (χ0) is 8.10. The van der Waals surface area contributed by atoms with Gasteiger partial charge in [0, 0.05) is 6.61 Å². The number of benzene rings is 1. The normalized spacial score (nSPS) is 12.9. The van der Waals surface area contributed by atoms with Gasteiger partial charge in [-0.2, -0.15) is 0 Å². The van der Waals surface area contributed by atoms with E-state index in [-0.39, 0.29) is 6.61 Å². The summed E-state index contributed by atoms with van der Waals surface area (Å²) in [6.07, 6.45) is 0.851. The van der Waals surface area contributed by atoms with E-state index in [0.717, 1.165) is 6.42 Å². The molecule has 0 bridgehead atoms. The molecule has 1 heteroatoms. The minimum atomic E-state index is 0.274. The molecule has 0 saturated carbocycles. The van der Waals surface area contributed by atoms with Crippen LogP contribution in [0, 0.1) is 0 Å². The van der Waals surface area contributed by atoms with Gasteiger partial charge in [0.25, 0.3) is 0 Å². The first kappa shape index (κ1) is 8.28. The van der Waals surface area contributed by atoms with E-state index in [9.17, 15) is 0 Å². The third-order valence-electron chi connectivity index (χ3n) is 1.93. The predicted molar refractivity (Wildman–Crippen MR) is 46.6 cm³/mol. The molecule has 60 valence electrons. The summed E-state index contributed by atoms with van der Waals surface area (Å²) in [6, 6.07) is 10.3. The molecule has 0 spiro atoms. The number of hydrogen-bond donors (Lipinski definition) is 1. The molecule has 11 heavy (non-hydrogen) atoms. The Balaban J connectivity index is 2.61. The van der Waals surface area contributed by atoms with Crippen molar-refractivity contribution in [3.05, 3.63) is 35.9 Å². The Hall–Kier alpha value is -0.820. The van der Waals surface area contributed by atoms with Crippen molar-refractivity contribution in [2.24, 2.45) is 0 Å². The number of hydrogen-bond acceptors (Lipinski definition) is 1. The molecule has 1 atom stereocenters. The maximum atomic E-state index is 8.70. The second-order valence-electron chi connectivity index (χ2n) is 2.82. The predicted octanol–water partition coefficient (Wildman–Crippen LogP) is 2.17. The second-order valence-corrected chi connectivity index (χ2v) is 2.82. The van der Waals surface area contributed by atoms with Gasteiger partial charge < -0.3 is 5.11 Å². The lowest BCUT2D eigenvalue weighted by molar-refractivity contribution is 0.278. The minimum absolute atomic E-state index is 0.274. The number of aliphatic hydroxyl groups excluding tert-OH is 1. The Labute approximate surface area is 67.7 Å². The van der Waals surface area contributed by atoms with Gasteiger partial charge in [0.15, 0.2) is 0 Å². The van der Waals surface area contributed by atoms with Crippen LogP contribution in [-0.2, 0) is 0 Å². The van der Waals surface area contributed by atoms with Crippen molar-refractivity contribution in [1.29, 1.82) is 0 Å². The molecule has 0 radical (unpaired) electrons. The molecule has 0 heterocycles. The van der Waals surface area contributed by atoms with Gasteiger partial charge >= 0.3 is 0 Å². The molecule has 0 fully saturated rings. The van der Waals surface area contributed by atoms with Crippen LogP contribution in [0.2, 0.25) is 0 Å². The average Bonchev–Trinajstić information content (AvgIpc) is 2.07. The molecule has 0 aromatic heterocycles. The Bertz CT molecular complexity index is 193. The third kappa shape index (κ3) is 2.35. The van der Waals surface area contributed by atoms with Crippen molar-refractivity contribution in [1.82, 2.24) is 0 Å². The van der Waals surface area contributed by atoms with E-state index < -0.39 is 0 Å². The lowest BCUT2D eigenvalue weighted by atomic mass is 9.99. The molecular weight excluding hydrogens is 136 g/mol. The molecule has 1 aromatic rings. The highest BCUT2D eigenvalue weighted by molar-refractivity contribution is 5.18. The highest BCUT2D eigenvalue weighted by Gasteiger charge is 2.01. The van der Waals surface area contributed by atoms with E-state index in [4.69, 9.17) is 5.11 Å². The fourth-order valence-electron chi connectivity index (χ4n) is 1.14. The summed E-state index contributed by atoms with van der Waals surface area (Å²) in [5.74, 6) is 0.473. The fraction of sp³-hybridized carbons (Fsp3) is 0.400. The van der Waals surface area contributed by atoms with Gasteiger partial charge in [-0.3, -0.25) is 0 Å². The Morgan fingerprint density at radius 1 is 1.27 bits per heavy atom. The first-order valence-electron chi connectivity index (χ1n) is 4.00. The van der Waals surface area contributed by atoms with Gasteiger partial charge in [-0.15, -0.1) is 0 Å². The summed E-state index contributed by atoms with van der Waals surface area (Å²) in [5, 5.41) is 8.70. The lowest BCUT2D eigenvalue weighted by Crippen LogP contribution is -1.95. The zero-order valence-corrected chi connectivity index (χ0v) is 6.83. The number of aliphatic hydroxyl groups is 1. The maximum Gasteiger partial charge on any atom is 0.0436 e. The summed E-state index contributed by atoms with van der Waals surface area (Å²) in [7, 11) is 0. The monoisotopic (exact) mass is 150 g/mol. The van der Waals surface area contributed by atoms with E-state index in [2.05, 4.69) is 19.1 Å². The molecule has 1 N–H and O–H groups in total. The average molecular weight is 150 g/mol. The smallest absolute Gasteiger partial charge is 0.0436 e. The van der Waals surface area contributed by atoms with Crippen LogP contribution in [0.3, 0.4) is 0 Å². The molecule has 1 aromatic carbocycles. The molecule has 0 aliphatic heterocycles. The molecule has 0 amide bonds. The third-order valence-corrected chi connectivity index (χ3v) is 1.93. The van der Waals surface area contributed by atoms with Crippen LogP contribution in [0.25, 0.3) is 0 Å². The molecular formula is C10H14O. The first-order chi connectivity index (χ1) is 5.34. The summed E-state index contributed by atoms with van der Waals surface area (Å²) in [6.45, 7) is 2.40. The van der Waals surface area contributed by atoms with Gasteiger partial charge in [-0.25, -0.2) is 0 Å². The van der Waals surface area contributed by atoms with Gasteiger partial charge in [0.2, 0.25) is 0 Å². The summed E-state index contributed by atoms with van der Waals surface area (Å²) >= 11 is 0. The van der Waals surface area contributed by atoms with Crippen molar-refractivity contribution in [2.45, 2.75) is 19.3 Å². The molecule has 0 saturated heterocycles. The van der Waals surface area contributed by atoms with Crippen molar-refractivity contribution < 1.29 is 5.11 Å². The van der Waals surface area contributed by atoms with Crippen LogP contribution in [0.1, 0.15) is 24.8 Å². The second kappa shape index (κ2) is 4.14. The summed E-state index contributed by atoms with van der Waals surface area (Å²) in [5.41, 5.74) is 1.31. The topological polar surface area (TPSA) is 20.2 Å². The van der Waals surface area contributed by atoms with Gasteiger partial charge in [0.05, 0.1) is 0 Å². The highest BCUT2D eigenvalue weighted by atomic mass is 16.3. The largest absolute Gasteiger partial charge is 0.396 e. The van der Waals surface area contributed by atoms with E-state index >= 15 is 0 Å². The first-order valence-corrected chi connectivity index (χ1v) is 4.00. The SMILES string of the molecule is CC(CCO)c1ccccc1. The van der Waals surface area contributed by atoms with Gasteiger partial charge in [-0.1, -0.05) is 37.3 Å². The molecule has 1 nitrogen and oxygen atoms in total. The minimum Gasteiger partial charge on any atom is -0.396 e. The van der Waals surface area contributed by atoms with Crippen molar-refractivity contribution in [3.8, 4) is 0 Å². The van der Waals surface area contributed by atoms with Gasteiger partial charge in [0.1, 0.15) is 0 Å². The van der Waals surface area contributed by atoms with Crippen LogP contribution in [-0.4, -0.2) is 11.7 Å². The summed E-state index contributed by atoms with van der Waals surface area (Å²) in [4.78, 5) is 0. The molecule has 1 unspecified atom stereocenters. The molecule has 0 aliphatic carbocycles. The quantitative estimate of drug-likeness (QED) is 0.700. The van der Waals surface area contributed by atoms with Gasteiger partial charge in [-0.05, 0) is 17.9 Å². The zero-order valence-electron chi connectivity index (χ0n) is 6.83. The van der Waals surface area contributed by atoms with Crippen molar-refractivity contribution in [3.63, 3.8) is 0 Å². The van der Waals surface area contributed by atoms with E-state index in [1.807, 2.05) is 18.2 Å². The Morgan fingerprint density at radius 2 is 1.91 bits per heavy atom. The van der Waals surface area contributed by atoms with Crippen LogP contribution in [0.5, 0.6) is 0 Å². The van der Waals surface area contributed by atoms with Crippen LogP contribution in [0.4, 0.5) is 0 Å². The van der Waals surface area contributed by atoms with Crippen LogP contribution in [0.15, 0.2) is 30.3 Å². The lowest BCUT2D eigenvalue weighted by Gasteiger charge is -2.08. The highest BCUT2D eigenvalue weighted by Crippen LogP contribution is 2.17. The molecule has 0 aliphatic rings. The van der Waals surface area contributed by atoms with Crippen molar-refractivity contribution >= 4 is 0 Å². The van der Waals surface area contributed by atoms with E-state index in [1.54, 1.807) is 0 Å². The number of rotatable bonds is 3. The van der Waals surface area contributed by atoms with Crippen LogP contribution >= 0.6 is 0 Å². The maximum absolute atomic E-state index is 8.70. The standard InChI is InChI=1S/C10H14O/c1-9(7-8-11)10-5-3-2-4-6-10/h2-6,9,11H,7-8H2,1H3. The van der Waals surface area contributed by atoms with E-state index in [1.165, 1.54) is 5.56 Å². The van der Waals surface area contributed by atoms with E-state index in [0.29, 0.717) is 5.92 Å². The van der Waals surface area contributed by atoms with Crippen molar-refractivity contribution in [2.75, 3.05) is 6.61 Å². The molecule has 1 rings (SSSR count). The fourth-order valence-corrected chi connectivity index (χ4v) is 1.14. The summed E-state index contributed by atoms with van der Waals surface area (Å²) < 4.78 is 0. The Morgan fingerprint density at radius 3 is 2.45 bits per heavy atom. The Kier molecular flexibility index (Phi) is 3.12. The van der Waals surface area contributed by atoms with Crippen LogP contribution < -0.4 is 0 Å².